The van der Waals surface area contributed by atoms with Crippen LogP contribution in [0, 0.1) is 17.8 Å². The van der Waals surface area contributed by atoms with Gasteiger partial charge in [0.25, 0.3) is 5.91 Å². The molecule has 0 spiro atoms. The van der Waals surface area contributed by atoms with Gasteiger partial charge < -0.3 is 10.4 Å². The lowest BCUT2D eigenvalue weighted by molar-refractivity contribution is -0.142. The van der Waals surface area contributed by atoms with Crippen LogP contribution in [0.2, 0.25) is 0 Å². The molecule has 1 fully saturated rings. The molecule has 102 valence electrons. The molecule has 2 rings (SSSR count). The first kappa shape index (κ1) is 13.5. The molecule has 1 aliphatic carbocycles. The Morgan fingerprint density at radius 2 is 2.26 bits per heavy atom. The molecule has 0 radical (unpaired) electrons. The second-order valence-electron chi connectivity index (χ2n) is 4.69. The van der Waals surface area contributed by atoms with E-state index >= 15 is 0 Å². The number of hydrogen-bond acceptors (Lipinski definition) is 3. The lowest BCUT2D eigenvalue weighted by Crippen LogP contribution is -2.33. The van der Waals surface area contributed by atoms with Crippen molar-refractivity contribution in [2.24, 2.45) is 11.8 Å². The van der Waals surface area contributed by atoms with E-state index < -0.39 is 23.7 Å². The van der Waals surface area contributed by atoms with Gasteiger partial charge in [0.05, 0.1) is 11.5 Å². The predicted molar refractivity (Wildman–Crippen MR) is 65.0 cm³/mol. The molecule has 1 aliphatic rings. The summed E-state index contributed by atoms with van der Waals surface area (Å²) < 4.78 is 13.3. The summed E-state index contributed by atoms with van der Waals surface area (Å²) in [5.41, 5.74) is -0.118. The van der Waals surface area contributed by atoms with Gasteiger partial charge in [-0.05, 0) is 30.9 Å². The van der Waals surface area contributed by atoms with E-state index in [1.54, 1.807) is 0 Å². The number of carbonyl (C=O) groups excluding carboxylic acids is 1. The van der Waals surface area contributed by atoms with Gasteiger partial charge in [-0.25, -0.2) is 4.98 Å². The van der Waals surface area contributed by atoms with E-state index in [1.807, 2.05) is 0 Å². The highest BCUT2D eigenvalue weighted by atomic mass is 19.1. The molecular weight excluding hydrogens is 251 g/mol. The smallest absolute Gasteiger partial charge is 0.306 e. The van der Waals surface area contributed by atoms with Crippen LogP contribution in [0.25, 0.3) is 0 Å². The van der Waals surface area contributed by atoms with E-state index in [-0.39, 0.29) is 18.0 Å². The second-order valence-corrected chi connectivity index (χ2v) is 4.69. The molecule has 19 heavy (non-hydrogen) atoms. The monoisotopic (exact) mass is 266 g/mol. The normalized spacial score (nSPS) is 22.2. The molecule has 1 aromatic rings. The standard InChI is InChI=1S/C13H15FN2O3/c14-11-10(5-2-6-15-11)12(17)16-7-8-3-1-4-9(8)13(18)19/h2,5-6,8-9H,1,3-4,7H2,(H,16,17)(H,18,19). The third-order valence-electron chi connectivity index (χ3n) is 3.50. The SMILES string of the molecule is O=C(NCC1CCCC1C(=O)O)c1cccnc1F. The molecule has 5 nitrogen and oxygen atoms in total. The quantitative estimate of drug-likeness (QED) is 0.808. The van der Waals surface area contributed by atoms with Crippen LogP contribution in [0.5, 0.6) is 0 Å². The van der Waals surface area contributed by atoms with Gasteiger partial charge in [-0.1, -0.05) is 6.42 Å². The summed E-state index contributed by atoms with van der Waals surface area (Å²) in [4.78, 5) is 26.2. The summed E-state index contributed by atoms with van der Waals surface area (Å²) in [5, 5.41) is 11.6. The molecule has 6 heteroatoms. The topological polar surface area (TPSA) is 79.3 Å². The summed E-state index contributed by atoms with van der Waals surface area (Å²) in [6, 6.07) is 2.83. The first-order chi connectivity index (χ1) is 9.09. The van der Waals surface area contributed by atoms with Crippen molar-refractivity contribution in [1.82, 2.24) is 10.3 Å². The number of aliphatic carboxylic acids is 1. The van der Waals surface area contributed by atoms with E-state index in [0.717, 1.165) is 12.8 Å². The fourth-order valence-electron chi connectivity index (χ4n) is 2.48. The number of pyridine rings is 1. The molecule has 0 bridgehead atoms. The fraction of sp³-hybridized carbons (Fsp3) is 0.462. The van der Waals surface area contributed by atoms with Gasteiger partial charge in [0.1, 0.15) is 0 Å². The van der Waals surface area contributed by atoms with Crippen LogP contribution in [0.15, 0.2) is 18.3 Å². The zero-order chi connectivity index (χ0) is 13.8. The Hall–Kier alpha value is -1.98. The molecule has 0 aliphatic heterocycles. The van der Waals surface area contributed by atoms with E-state index in [0.29, 0.717) is 6.42 Å². The fourth-order valence-corrected chi connectivity index (χ4v) is 2.48. The zero-order valence-corrected chi connectivity index (χ0v) is 10.3. The van der Waals surface area contributed by atoms with Gasteiger partial charge >= 0.3 is 5.97 Å². The first-order valence-electron chi connectivity index (χ1n) is 6.21. The summed E-state index contributed by atoms with van der Waals surface area (Å²) in [6.07, 6.45) is 3.52. The largest absolute Gasteiger partial charge is 0.481 e. The van der Waals surface area contributed by atoms with Crippen LogP contribution in [0.1, 0.15) is 29.6 Å². The number of rotatable bonds is 4. The van der Waals surface area contributed by atoms with E-state index in [2.05, 4.69) is 10.3 Å². The summed E-state index contributed by atoms with van der Waals surface area (Å²) >= 11 is 0. The van der Waals surface area contributed by atoms with E-state index in [1.165, 1.54) is 18.3 Å². The molecule has 1 saturated carbocycles. The molecule has 0 saturated heterocycles. The highest BCUT2D eigenvalue weighted by Crippen LogP contribution is 2.31. The minimum Gasteiger partial charge on any atom is -0.481 e. The van der Waals surface area contributed by atoms with Gasteiger partial charge in [0, 0.05) is 12.7 Å². The van der Waals surface area contributed by atoms with Crippen molar-refractivity contribution in [1.29, 1.82) is 0 Å². The summed E-state index contributed by atoms with van der Waals surface area (Å²) in [6.45, 7) is 0.254. The van der Waals surface area contributed by atoms with Crippen molar-refractivity contribution in [2.75, 3.05) is 6.54 Å². The highest BCUT2D eigenvalue weighted by Gasteiger charge is 2.33. The zero-order valence-electron chi connectivity index (χ0n) is 10.3. The lowest BCUT2D eigenvalue weighted by Gasteiger charge is -2.16. The Bertz CT molecular complexity index is 493. The Morgan fingerprint density at radius 3 is 2.95 bits per heavy atom. The molecule has 2 N–H and O–H groups in total. The van der Waals surface area contributed by atoms with Crippen molar-refractivity contribution in [3.05, 3.63) is 29.8 Å². The number of carboxylic acids is 1. The minimum absolute atomic E-state index is 0.0822. The molecular formula is C13H15FN2O3. The van der Waals surface area contributed by atoms with Crippen molar-refractivity contribution in [3.63, 3.8) is 0 Å². The summed E-state index contributed by atoms with van der Waals surface area (Å²) in [7, 11) is 0. The molecule has 2 atom stereocenters. The number of halogens is 1. The second kappa shape index (κ2) is 5.77. The van der Waals surface area contributed by atoms with E-state index in [9.17, 15) is 14.0 Å². The van der Waals surface area contributed by atoms with Gasteiger partial charge in [-0.2, -0.15) is 4.39 Å². The molecule has 1 amide bonds. The third kappa shape index (κ3) is 3.07. The van der Waals surface area contributed by atoms with Crippen molar-refractivity contribution >= 4 is 11.9 Å². The van der Waals surface area contributed by atoms with Gasteiger partial charge in [-0.3, -0.25) is 9.59 Å². The maximum absolute atomic E-state index is 13.3. The summed E-state index contributed by atoms with van der Waals surface area (Å²) in [5.74, 6) is -2.70. The van der Waals surface area contributed by atoms with E-state index in [4.69, 9.17) is 5.11 Å². The van der Waals surface area contributed by atoms with Gasteiger partial charge in [0.15, 0.2) is 0 Å². The Balaban J connectivity index is 1.94. The maximum Gasteiger partial charge on any atom is 0.306 e. The van der Waals surface area contributed by atoms with Crippen LogP contribution in [0.4, 0.5) is 4.39 Å². The highest BCUT2D eigenvalue weighted by molar-refractivity contribution is 5.94. The van der Waals surface area contributed by atoms with Crippen molar-refractivity contribution < 1.29 is 19.1 Å². The maximum atomic E-state index is 13.3. The number of hydrogen-bond donors (Lipinski definition) is 2. The number of amides is 1. The molecule has 2 unspecified atom stereocenters. The average molecular weight is 266 g/mol. The van der Waals surface area contributed by atoms with Crippen molar-refractivity contribution in [2.45, 2.75) is 19.3 Å². The average Bonchev–Trinajstić information content (AvgIpc) is 2.85. The molecule has 1 aromatic heterocycles. The van der Waals surface area contributed by atoms with Crippen LogP contribution >= 0.6 is 0 Å². The van der Waals surface area contributed by atoms with Gasteiger partial charge in [0.2, 0.25) is 5.95 Å². The molecule has 0 aromatic carbocycles. The number of carboxylic acid groups (broad SMARTS) is 1. The third-order valence-corrected chi connectivity index (χ3v) is 3.50. The first-order valence-corrected chi connectivity index (χ1v) is 6.21. The Labute approximate surface area is 109 Å². The predicted octanol–water partition coefficient (Wildman–Crippen LogP) is 1.45. The Kier molecular flexibility index (Phi) is 4.09. The molecule has 1 heterocycles. The van der Waals surface area contributed by atoms with Crippen LogP contribution < -0.4 is 5.32 Å². The van der Waals surface area contributed by atoms with Crippen LogP contribution in [-0.4, -0.2) is 28.5 Å². The lowest BCUT2D eigenvalue weighted by atomic mass is 9.96. The number of aromatic nitrogens is 1. The number of carbonyl (C=O) groups is 2. The van der Waals surface area contributed by atoms with Crippen molar-refractivity contribution in [3.8, 4) is 0 Å². The number of nitrogens with zero attached hydrogens (tertiary/aromatic N) is 1. The Morgan fingerprint density at radius 1 is 1.47 bits per heavy atom. The van der Waals surface area contributed by atoms with Crippen LogP contribution in [-0.2, 0) is 4.79 Å². The van der Waals surface area contributed by atoms with Crippen LogP contribution in [0.3, 0.4) is 0 Å². The number of nitrogens with one attached hydrogen (secondary N) is 1. The van der Waals surface area contributed by atoms with Gasteiger partial charge in [-0.15, -0.1) is 0 Å². The minimum atomic E-state index is -0.829.